The van der Waals surface area contributed by atoms with Gasteiger partial charge in [0.2, 0.25) is 11.8 Å². The van der Waals surface area contributed by atoms with Crippen LogP contribution in [0, 0.1) is 18.3 Å². The molecule has 1 aliphatic rings. The maximum atomic E-state index is 9.57. The number of hydrogen-bond acceptors (Lipinski definition) is 6. The lowest BCUT2D eigenvalue weighted by atomic mass is 9.83. The number of aromatic amines is 1. The number of H-pyrrole nitrogens is 1. The quantitative estimate of drug-likeness (QED) is 0.891. The van der Waals surface area contributed by atoms with Crippen molar-refractivity contribution in [3.63, 3.8) is 0 Å². The molecule has 1 aromatic heterocycles. The van der Waals surface area contributed by atoms with Gasteiger partial charge in [-0.2, -0.15) is 5.26 Å². The summed E-state index contributed by atoms with van der Waals surface area (Å²) in [5.41, 5.74) is 9.72. The van der Waals surface area contributed by atoms with Crippen LogP contribution >= 0.6 is 0 Å². The molecule has 0 saturated heterocycles. The van der Waals surface area contributed by atoms with Crippen LogP contribution < -0.4 is 15.2 Å². The topological polar surface area (TPSA) is 106 Å². The molecule has 1 atom stereocenters. The fourth-order valence-electron chi connectivity index (χ4n) is 2.98. The van der Waals surface area contributed by atoms with E-state index in [0.29, 0.717) is 18.1 Å². The van der Waals surface area contributed by atoms with Crippen LogP contribution in [0.3, 0.4) is 0 Å². The van der Waals surface area contributed by atoms with Gasteiger partial charge >= 0.3 is 0 Å². The van der Waals surface area contributed by atoms with E-state index in [0.717, 1.165) is 28.1 Å². The molecular formula is C17H18N4O3. The highest BCUT2D eigenvalue weighted by Crippen LogP contribution is 2.43. The van der Waals surface area contributed by atoms with Crippen LogP contribution in [0.1, 0.15) is 28.3 Å². The summed E-state index contributed by atoms with van der Waals surface area (Å²) in [5, 5.41) is 16.6. The molecule has 0 amide bonds. The predicted molar refractivity (Wildman–Crippen MR) is 86.3 cm³/mol. The Morgan fingerprint density at radius 1 is 1.42 bits per heavy atom. The molecule has 24 heavy (non-hydrogen) atoms. The van der Waals surface area contributed by atoms with Gasteiger partial charge in [0.15, 0.2) is 0 Å². The molecule has 1 aliphatic heterocycles. The first-order valence-corrected chi connectivity index (χ1v) is 7.38. The number of nitrogens with zero attached hydrogens (tertiary/aromatic N) is 2. The molecule has 0 bridgehead atoms. The van der Waals surface area contributed by atoms with Crippen LogP contribution in [-0.2, 0) is 11.3 Å². The molecule has 1 aromatic carbocycles. The van der Waals surface area contributed by atoms with E-state index < -0.39 is 0 Å². The summed E-state index contributed by atoms with van der Waals surface area (Å²) in [6.45, 7) is 2.29. The minimum Gasteiger partial charge on any atom is -0.496 e. The Hall–Kier alpha value is -2.98. The number of benzene rings is 1. The Kier molecular flexibility index (Phi) is 4.15. The van der Waals surface area contributed by atoms with E-state index in [-0.39, 0.29) is 11.8 Å². The molecule has 7 heteroatoms. The molecule has 0 spiro atoms. The summed E-state index contributed by atoms with van der Waals surface area (Å²) in [7, 11) is 3.23. The highest BCUT2D eigenvalue weighted by molar-refractivity contribution is 5.56. The second kappa shape index (κ2) is 6.26. The average Bonchev–Trinajstić information content (AvgIpc) is 2.94. The third-order valence-electron chi connectivity index (χ3n) is 4.07. The number of methoxy groups -OCH3 is 2. The monoisotopic (exact) mass is 326 g/mol. The minimum absolute atomic E-state index is 0.0746. The number of allylic oxidation sites excluding steroid dienone is 1. The number of aryl methyl sites for hydroxylation is 1. The molecule has 3 N–H and O–H groups in total. The van der Waals surface area contributed by atoms with Gasteiger partial charge in [0.1, 0.15) is 17.4 Å². The van der Waals surface area contributed by atoms with Crippen molar-refractivity contribution in [1.82, 2.24) is 10.2 Å². The molecule has 2 aromatic rings. The number of nitrogens with one attached hydrogen (secondary N) is 1. The van der Waals surface area contributed by atoms with Crippen molar-refractivity contribution < 1.29 is 14.2 Å². The Labute approximate surface area is 139 Å². The molecule has 2 heterocycles. The number of nitrogens with two attached hydrogens (primary N) is 1. The highest BCUT2D eigenvalue weighted by Gasteiger charge is 2.34. The average molecular weight is 326 g/mol. The highest BCUT2D eigenvalue weighted by atomic mass is 16.5. The molecule has 0 fully saturated rings. The Balaban J connectivity index is 2.18. The SMILES string of the molecule is COCc1cc([C@@H]2C(C#N)=C(N)Oc3n[nH]c(C)c32)ccc1OC. The molecule has 124 valence electrons. The molecule has 0 aliphatic carbocycles. The van der Waals surface area contributed by atoms with Gasteiger partial charge in [-0.15, -0.1) is 5.10 Å². The van der Waals surface area contributed by atoms with Gasteiger partial charge in [-0.05, 0) is 24.6 Å². The van der Waals surface area contributed by atoms with Crippen LogP contribution in [0.25, 0.3) is 0 Å². The van der Waals surface area contributed by atoms with E-state index >= 15 is 0 Å². The number of nitriles is 1. The van der Waals surface area contributed by atoms with Crippen LogP contribution in [0.4, 0.5) is 0 Å². The van der Waals surface area contributed by atoms with Crippen LogP contribution in [0.2, 0.25) is 0 Å². The first-order valence-electron chi connectivity index (χ1n) is 7.38. The zero-order chi connectivity index (χ0) is 17.3. The van der Waals surface area contributed by atoms with Crippen molar-refractivity contribution in [3.05, 3.63) is 52.0 Å². The van der Waals surface area contributed by atoms with Crippen molar-refractivity contribution in [1.29, 1.82) is 5.26 Å². The lowest BCUT2D eigenvalue weighted by Gasteiger charge is -2.24. The normalized spacial score (nSPS) is 16.3. The summed E-state index contributed by atoms with van der Waals surface area (Å²) in [4.78, 5) is 0. The fraction of sp³-hybridized carbons (Fsp3) is 0.294. The van der Waals surface area contributed by atoms with Gasteiger partial charge in [0, 0.05) is 23.9 Å². The summed E-state index contributed by atoms with van der Waals surface area (Å²) >= 11 is 0. The van der Waals surface area contributed by atoms with Crippen molar-refractivity contribution in [3.8, 4) is 17.7 Å². The van der Waals surface area contributed by atoms with E-state index in [1.165, 1.54) is 0 Å². The second-order valence-electron chi connectivity index (χ2n) is 5.50. The maximum absolute atomic E-state index is 9.57. The van der Waals surface area contributed by atoms with Gasteiger partial charge in [-0.1, -0.05) is 6.07 Å². The third kappa shape index (κ3) is 2.47. The Morgan fingerprint density at radius 3 is 2.88 bits per heavy atom. The van der Waals surface area contributed by atoms with Crippen molar-refractivity contribution in [2.24, 2.45) is 5.73 Å². The lowest BCUT2D eigenvalue weighted by molar-refractivity contribution is 0.181. The summed E-state index contributed by atoms with van der Waals surface area (Å²) in [5.74, 6) is 0.856. The molecule has 0 saturated carbocycles. The van der Waals surface area contributed by atoms with E-state index in [9.17, 15) is 5.26 Å². The van der Waals surface area contributed by atoms with E-state index in [2.05, 4.69) is 16.3 Å². The van der Waals surface area contributed by atoms with Crippen LogP contribution in [0.15, 0.2) is 29.7 Å². The van der Waals surface area contributed by atoms with Crippen LogP contribution in [-0.4, -0.2) is 24.4 Å². The number of ether oxygens (including phenoxy) is 3. The second-order valence-corrected chi connectivity index (χ2v) is 5.50. The number of fused-ring (bicyclic) bond motifs is 1. The smallest absolute Gasteiger partial charge is 0.244 e. The standard InChI is InChI=1S/C17H18N4O3/c1-9-14-15(12(7-18)16(19)24-17(14)21-20-9)10-4-5-13(23-3)11(6-10)8-22-2/h4-6,15H,8,19H2,1-3H3,(H,20,21)/t15-/m1/s1. The number of hydrogen-bond donors (Lipinski definition) is 2. The van der Waals surface area contributed by atoms with Crippen LogP contribution in [0.5, 0.6) is 11.6 Å². The predicted octanol–water partition coefficient (Wildman–Crippen LogP) is 2.09. The van der Waals surface area contributed by atoms with Gasteiger partial charge < -0.3 is 19.9 Å². The van der Waals surface area contributed by atoms with Crippen molar-refractivity contribution >= 4 is 0 Å². The molecule has 0 radical (unpaired) electrons. The largest absolute Gasteiger partial charge is 0.496 e. The molecular weight excluding hydrogens is 308 g/mol. The number of rotatable bonds is 4. The third-order valence-corrected chi connectivity index (χ3v) is 4.07. The molecule has 3 rings (SSSR count). The lowest BCUT2D eigenvalue weighted by Crippen LogP contribution is -2.21. The van der Waals surface area contributed by atoms with Gasteiger partial charge in [0.25, 0.3) is 0 Å². The summed E-state index contributed by atoms with van der Waals surface area (Å²) in [6, 6.07) is 7.90. The first kappa shape index (κ1) is 15.9. The first-order chi connectivity index (χ1) is 11.6. The molecule has 0 unspecified atom stereocenters. The van der Waals surface area contributed by atoms with Gasteiger partial charge in [0.05, 0.1) is 19.6 Å². The minimum atomic E-state index is -0.348. The fourth-order valence-corrected chi connectivity index (χ4v) is 2.98. The maximum Gasteiger partial charge on any atom is 0.244 e. The van der Waals surface area contributed by atoms with E-state index in [1.54, 1.807) is 14.2 Å². The van der Waals surface area contributed by atoms with Gasteiger partial charge in [-0.3, -0.25) is 5.10 Å². The molecule has 7 nitrogen and oxygen atoms in total. The Morgan fingerprint density at radius 2 is 2.21 bits per heavy atom. The number of aromatic nitrogens is 2. The van der Waals surface area contributed by atoms with E-state index in [1.807, 2.05) is 25.1 Å². The zero-order valence-corrected chi connectivity index (χ0v) is 13.7. The van der Waals surface area contributed by atoms with Crippen molar-refractivity contribution in [2.45, 2.75) is 19.4 Å². The van der Waals surface area contributed by atoms with Gasteiger partial charge in [-0.25, -0.2) is 0 Å². The summed E-state index contributed by atoms with van der Waals surface area (Å²) in [6.07, 6.45) is 0. The Bertz CT molecular complexity index is 848. The van der Waals surface area contributed by atoms with E-state index in [4.69, 9.17) is 19.9 Å². The summed E-state index contributed by atoms with van der Waals surface area (Å²) < 4.78 is 16.1. The zero-order valence-electron chi connectivity index (χ0n) is 13.7. The van der Waals surface area contributed by atoms with Crippen molar-refractivity contribution in [2.75, 3.05) is 14.2 Å².